The van der Waals surface area contributed by atoms with Crippen LogP contribution in [0.4, 0.5) is 5.69 Å². The third-order valence-corrected chi connectivity index (χ3v) is 1.93. The maximum atomic E-state index is 10.6. The van der Waals surface area contributed by atoms with E-state index in [0.717, 1.165) is 0 Å². The van der Waals surface area contributed by atoms with Gasteiger partial charge in [0.2, 0.25) is 0 Å². The van der Waals surface area contributed by atoms with Gasteiger partial charge in [0, 0.05) is 17.7 Å². The Hall–Kier alpha value is -1.66. The van der Waals surface area contributed by atoms with Gasteiger partial charge < -0.3 is 10.8 Å². The number of hydrogen-bond acceptors (Lipinski definition) is 4. The molecule has 1 rings (SSSR count). The lowest BCUT2D eigenvalue weighted by Crippen LogP contribution is -2.16. The van der Waals surface area contributed by atoms with Crippen molar-refractivity contribution in [2.45, 2.75) is 12.5 Å². The predicted octanol–water partition coefficient (Wildman–Crippen LogP) is 1.49. The molecule has 0 heterocycles. The van der Waals surface area contributed by atoms with Crippen LogP contribution in [0.1, 0.15) is 18.0 Å². The SMILES string of the molecule is Cl.NC(CC(=O)O)c1ccccc1[N+](=O)[O-]. The lowest BCUT2D eigenvalue weighted by Gasteiger charge is -2.08. The summed E-state index contributed by atoms with van der Waals surface area (Å²) in [6, 6.07) is 5.01. The number of rotatable bonds is 4. The van der Waals surface area contributed by atoms with Crippen molar-refractivity contribution in [3.05, 3.63) is 39.9 Å². The summed E-state index contributed by atoms with van der Waals surface area (Å²) < 4.78 is 0. The Balaban J connectivity index is 0.00000225. The van der Waals surface area contributed by atoms with Crippen LogP contribution in [0.3, 0.4) is 0 Å². The molecule has 0 amide bonds. The maximum Gasteiger partial charge on any atom is 0.305 e. The number of benzene rings is 1. The molecule has 88 valence electrons. The molecule has 0 aliphatic carbocycles. The van der Waals surface area contributed by atoms with E-state index in [1.165, 1.54) is 18.2 Å². The molecule has 0 saturated carbocycles. The van der Waals surface area contributed by atoms with Gasteiger partial charge in [0.05, 0.1) is 11.3 Å². The van der Waals surface area contributed by atoms with Gasteiger partial charge in [-0.15, -0.1) is 12.4 Å². The molecule has 0 aliphatic heterocycles. The molecule has 16 heavy (non-hydrogen) atoms. The number of nitrogens with two attached hydrogens (primary N) is 1. The highest BCUT2D eigenvalue weighted by Crippen LogP contribution is 2.24. The maximum absolute atomic E-state index is 10.6. The zero-order valence-corrected chi connectivity index (χ0v) is 9.02. The zero-order valence-electron chi connectivity index (χ0n) is 8.20. The van der Waals surface area contributed by atoms with Crippen molar-refractivity contribution in [1.82, 2.24) is 0 Å². The van der Waals surface area contributed by atoms with Gasteiger partial charge >= 0.3 is 5.97 Å². The second kappa shape index (κ2) is 6.04. The van der Waals surface area contributed by atoms with Gasteiger partial charge in [-0.25, -0.2) is 0 Å². The first-order chi connectivity index (χ1) is 7.02. The Labute approximate surface area is 97.6 Å². The standard InChI is InChI=1S/C9H10N2O4.ClH/c10-7(5-9(12)13)6-3-1-2-4-8(6)11(14)15;/h1-4,7H,5,10H2,(H,12,13);1H. The summed E-state index contributed by atoms with van der Waals surface area (Å²) in [6.07, 6.45) is -0.329. The van der Waals surface area contributed by atoms with Crippen LogP contribution in [0.2, 0.25) is 0 Å². The van der Waals surface area contributed by atoms with Crippen LogP contribution < -0.4 is 5.73 Å². The van der Waals surface area contributed by atoms with Crippen molar-refractivity contribution >= 4 is 24.1 Å². The van der Waals surface area contributed by atoms with Crippen molar-refractivity contribution in [1.29, 1.82) is 0 Å². The number of carboxylic acid groups (broad SMARTS) is 1. The number of hydrogen-bond donors (Lipinski definition) is 2. The van der Waals surface area contributed by atoms with Gasteiger partial charge in [0.1, 0.15) is 0 Å². The Kier molecular flexibility index (Phi) is 5.41. The quantitative estimate of drug-likeness (QED) is 0.618. The monoisotopic (exact) mass is 246 g/mol. The van der Waals surface area contributed by atoms with Crippen LogP contribution in [0, 0.1) is 10.1 Å². The average molecular weight is 247 g/mol. The first kappa shape index (κ1) is 14.3. The molecule has 0 aliphatic rings. The van der Waals surface area contributed by atoms with Gasteiger partial charge in [-0.3, -0.25) is 14.9 Å². The van der Waals surface area contributed by atoms with Gasteiger partial charge in [-0.2, -0.15) is 0 Å². The second-order valence-corrected chi connectivity index (χ2v) is 3.02. The number of nitro benzene ring substituents is 1. The third kappa shape index (κ3) is 3.48. The van der Waals surface area contributed by atoms with Crippen molar-refractivity contribution in [2.75, 3.05) is 0 Å². The summed E-state index contributed by atoms with van der Waals surface area (Å²) in [6.45, 7) is 0. The van der Waals surface area contributed by atoms with E-state index in [1.807, 2.05) is 0 Å². The van der Waals surface area contributed by atoms with E-state index < -0.39 is 16.9 Å². The summed E-state index contributed by atoms with van der Waals surface area (Å²) in [4.78, 5) is 20.5. The van der Waals surface area contributed by atoms with E-state index in [-0.39, 0.29) is 30.1 Å². The smallest absolute Gasteiger partial charge is 0.305 e. The molecular weight excluding hydrogens is 236 g/mol. The summed E-state index contributed by atoms with van der Waals surface area (Å²) in [5.74, 6) is -1.08. The first-order valence-electron chi connectivity index (χ1n) is 4.23. The molecule has 0 spiro atoms. The highest BCUT2D eigenvalue weighted by Gasteiger charge is 2.20. The van der Waals surface area contributed by atoms with E-state index >= 15 is 0 Å². The van der Waals surface area contributed by atoms with Crippen LogP contribution in [-0.4, -0.2) is 16.0 Å². The molecule has 6 nitrogen and oxygen atoms in total. The lowest BCUT2D eigenvalue weighted by molar-refractivity contribution is -0.385. The summed E-state index contributed by atoms with van der Waals surface area (Å²) in [5, 5.41) is 19.1. The molecule has 0 saturated heterocycles. The van der Waals surface area contributed by atoms with Crippen LogP contribution in [0.25, 0.3) is 0 Å². The van der Waals surface area contributed by atoms with Gasteiger partial charge in [0.25, 0.3) is 5.69 Å². The predicted molar refractivity (Wildman–Crippen MR) is 59.5 cm³/mol. The number of halogens is 1. The van der Waals surface area contributed by atoms with E-state index in [2.05, 4.69) is 0 Å². The fourth-order valence-corrected chi connectivity index (χ4v) is 1.27. The minimum absolute atomic E-state index is 0. The Morgan fingerprint density at radius 1 is 1.50 bits per heavy atom. The fraction of sp³-hybridized carbons (Fsp3) is 0.222. The molecule has 0 radical (unpaired) electrons. The molecule has 3 N–H and O–H groups in total. The zero-order chi connectivity index (χ0) is 11.4. The van der Waals surface area contributed by atoms with Crippen molar-refractivity contribution in [2.24, 2.45) is 5.73 Å². The van der Waals surface area contributed by atoms with E-state index in [1.54, 1.807) is 6.07 Å². The Morgan fingerprint density at radius 2 is 2.06 bits per heavy atom. The molecule has 1 aromatic rings. The second-order valence-electron chi connectivity index (χ2n) is 3.02. The van der Waals surface area contributed by atoms with Crippen LogP contribution in [0.5, 0.6) is 0 Å². The Bertz CT molecular complexity index is 397. The molecule has 1 aromatic carbocycles. The van der Waals surface area contributed by atoms with E-state index in [9.17, 15) is 14.9 Å². The molecule has 1 atom stereocenters. The van der Waals surface area contributed by atoms with Gasteiger partial charge in [-0.05, 0) is 0 Å². The third-order valence-electron chi connectivity index (χ3n) is 1.93. The van der Waals surface area contributed by atoms with E-state index in [4.69, 9.17) is 10.8 Å². The molecule has 0 fully saturated rings. The van der Waals surface area contributed by atoms with Gasteiger partial charge in [0.15, 0.2) is 0 Å². The normalized spacial score (nSPS) is 11.3. The number of aliphatic carboxylic acids is 1. The number of nitro groups is 1. The summed E-state index contributed by atoms with van der Waals surface area (Å²) in [7, 11) is 0. The van der Waals surface area contributed by atoms with Crippen molar-refractivity contribution in [3.63, 3.8) is 0 Å². The summed E-state index contributed by atoms with van der Waals surface area (Å²) >= 11 is 0. The van der Waals surface area contributed by atoms with E-state index in [0.29, 0.717) is 0 Å². The number of carboxylic acids is 1. The fourth-order valence-electron chi connectivity index (χ4n) is 1.27. The molecule has 0 aromatic heterocycles. The van der Waals surface area contributed by atoms with Crippen molar-refractivity contribution in [3.8, 4) is 0 Å². The number of para-hydroxylation sites is 1. The number of carbonyl (C=O) groups is 1. The molecule has 1 unspecified atom stereocenters. The Morgan fingerprint density at radius 3 is 2.56 bits per heavy atom. The topological polar surface area (TPSA) is 106 Å². The minimum Gasteiger partial charge on any atom is -0.481 e. The first-order valence-corrected chi connectivity index (χ1v) is 4.23. The summed E-state index contributed by atoms with van der Waals surface area (Å²) in [5.41, 5.74) is 5.64. The minimum atomic E-state index is -1.08. The van der Waals surface area contributed by atoms with Gasteiger partial charge in [-0.1, -0.05) is 18.2 Å². The molecular formula is C9H11ClN2O4. The highest BCUT2D eigenvalue weighted by molar-refractivity contribution is 5.85. The largest absolute Gasteiger partial charge is 0.481 e. The highest BCUT2D eigenvalue weighted by atomic mass is 35.5. The lowest BCUT2D eigenvalue weighted by atomic mass is 10.0. The van der Waals surface area contributed by atoms with Crippen LogP contribution in [0.15, 0.2) is 24.3 Å². The molecule has 7 heteroatoms. The average Bonchev–Trinajstić information content (AvgIpc) is 2.16. The van der Waals surface area contributed by atoms with Crippen LogP contribution >= 0.6 is 12.4 Å². The molecule has 0 bridgehead atoms. The number of nitrogens with zero attached hydrogens (tertiary/aromatic N) is 1. The van der Waals surface area contributed by atoms with Crippen LogP contribution in [-0.2, 0) is 4.79 Å². The van der Waals surface area contributed by atoms with Crippen molar-refractivity contribution < 1.29 is 14.8 Å².